The molecule has 4 heterocycles. The second-order valence-electron chi connectivity index (χ2n) is 6.33. The summed E-state index contributed by atoms with van der Waals surface area (Å²) in [6, 6.07) is 4.21. The monoisotopic (exact) mass is 322 g/mol. The average molecular weight is 322 g/mol. The number of anilines is 1. The Kier molecular flexibility index (Phi) is 3.80. The molecule has 0 N–H and O–H groups in total. The lowest BCUT2D eigenvalue weighted by atomic mass is 10.1. The minimum absolute atomic E-state index is 0.839. The number of aryl methyl sites for hydroxylation is 2. The first-order valence-corrected chi connectivity index (χ1v) is 8.47. The summed E-state index contributed by atoms with van der Waals surface area (Å²) < 4.78 is 4.04. The van der Waals surface area contributed by atoms with Crippen LogP contribution in [-0.2, 0) is 7.05 Å². The maximum Gasteiger partial charge on any atom is 0.164 e. The van der Waals surface area contributed by atoms with E-state index in [-0.39, 0.29) is 0 Å². The molecule has 4 rings (SSSR count). The lowest BCUT2D eigenvalue weighted by Gasteiger charge is -2.27. The van der Waals surface area contributed by atoms with E-state index in [1.807, 2.05) is 41.7 Å². The van der Waals surface area contributed by atoms with Crippen molar-refractivity contribution >= 4 is 5.82 Å². The van der Waals surface area contributed by atoms with Gasteiger partial charge in [-0.15, -0.1) is 0 Å². The topological polar surface area (TPSA) is 51.8 Å². The molecule has 0 bridgehead atoms. The lowest BCUT2D eigenvalue weighted by molar-refractivity contribution is 0.573. The fraction of sp³-hybridized carbons (Fsp3) is 0.389. The first kappa shape index (κ1) is 14.9. The Morgan fingerprint density at radius 3 is 2.54 bits per heavy atom. The summed E-state index contributed by atoms with van der Waals surface area (Å²) in [6.45, 7) is 4.21. The molecule has 3 aromatic rings. The van der Waals surface area contributed by atoms with Crippen LogP contribution in [0.1, 0.15) is 25.1 Å². The fourth-order valence-corrected chi connectivity index (χ4v) is 3.20. The van der Waals surface area contributed by atoms with Gasteiger partial charge < -0.3 is 9.47 Å². The van der Waals surface area contributed by atoms with Gasteiger partial charge in [-0.05, 0) is 38.3 Å². The van der Waals surface area contributed by atoms with Gasteiger partial charge in [0, 0.05) is 38.7 Å². The molecule has 0 atom stereocenters. The van der Waals surface area contributed by atoms with Gasteiger partial charge >= 0.3 is 0 Å². The van der Waals surface area contributed by atoms with E-state index in [1.165, 1.54) is 19.3 Å². The van der Waals surface area contributed by atoms with E-state index in [0.29, 0.717) is 0 Å². The number of pyridine rings is 1. The van der Waals surface area contributed by atoms with Gasteiger partial charge in [0.25, 0.3) is 0 Å². The predicted molar refractivity (Wildman–Crippen MR) is 94.4 cm³/mol. The third kappa shape index (κ3) is 2.68. The second kappa shape index (κ2) is 6.11. The number of rotatable bonds is 3. The number of hydrogen-bond acceptors (Lipinski definition) is 4. The van der Waals surface area contributed by atoms with E-state index < -0.39 is 0 Å². The van der Waals surface area contributed by atoms with Gasteiger partial charge in [-0.2, -0.15) is 0 Å². The molecule has 0 spiro atoms. The van der Waals surface area contributed by atoms with E-state index in [2.05, 4.69) is 32.0 Å². The summed E-state index contributed by atoms with van der Waals surface area (Å²) in [7, 11) is 1.99. The molecule has 124 valence electrons. The van der Waals surface area contributed by atoms with Gasteiger partial charge in [-0.25, -0.2) is 15.0 Å². The first-order chi connectivity index (χ1) is 11.7. The molecule has 1 fully saturated rings. The predicted octanol–water partition coefficient (Wildman–Crippen LogP) is 2.97. The molecule has 3 aromatic heterocycles. The molecule has 0 amide bonds. The average Bonchev–Trinajstić information content (AvgIpc) is 3.23. The van der Waals surface area contributed by atoms with Gasteiger partial charge in [0.15, 0.2) is 5.82 Å². The summed E-state index contributed by atoms with van der Waals surface area (Å²) >= 11 is 0. The maximum atomic E-state index is 4.67. The molecule has 1 saturated heterocycles. The Hall–Kier alpha value is -2.63. The van der Waals surface area contributed by atoms with Crippen molar-refractivity contribution in [3.05, 3.63) is 42.7 Å². The van der Waals surface area contributed by atoms with Crippen molar-refractivity contribution < 1.29 is 0 Å². The molecule has 6 heteroatoms. The number of hydrogen-bond donors (Lipinski definition) is 0. The lowest BCUT2D eigenvalue weighted by Crippen LogP contribution is -2.30. The molecule has 0 unspecified atom stereocenters. The smallest absolute Gasteiger partial charge is 0.164 e. The zero-order valence-electron chi connectivity index (χ0n) is 14.2. The van der Waals surface area contributed by atoms with Crippen molar-refractivity contribution in [1.82, 2.24) is 24.1 Å². The number of nitrogens with zero attached hydrogens (tertiary/aromatic N) is 6. The van der Waals surface area contributed by atoms with Crippen LogP contribution in [0, 0.1) is 6.92 Å². The third-order valence-corrected chi connectivity index (χ3v) is 4.67. The zero-order chi connectivity index (χ0) is 16.5. The molecule has 1 aliphatic heterocycles. The molecule has 0 aromatic carbocycles. The van der Waals surface area contributed by atoms with E-state index in [0.717, 1.165) is 41.9 Å². The van der Waals surface area contributed by atoms with Crippen LogP contribution in [0.3, 0.4) is 0 Å². The van der Waals surface area contributed by atoms with Crippen LogP contribution in [-0.4, -0.2) is 37.2 Å². The Bertz CT molecular complexity index is 804. The standard InChI is InChI=1S/C18H22N6/c1-14-21-16(13-22(14)2)18-19-8-11-24(18)15-6-7-17(20-12-15)23-9-4-3-5-10-23/h6-8,11-13H,3-5,9-10H2,1-2H3. The van der Waals surface area contributed by atoms with Crippen LogP contribution in [0.4, 0.5) is 5.82 Å². The Morgan fingerprint density at radius 2 is 1.88 bits per heavy atom. The molecule has 6 nitrogen and oxygen atoms in total. The minimum Gasteiger partial charge on any atom is -0.357 e. The summed E-state index contributed by atoms with van der Waals surface area (Å²) in [5, 5.41) is 0. The highest BCUT2D eigenvalue weighted by Gasteiger charge is 2.14. The van der Waals surface area contributed by atoms with E-state index in [4.69, 9.17) is 0 Å². The van der Waals surface area contributed by atoms with Gasteiger partial charge in [0.05, 0.1) is 11.9 Å². The Morgan fingerprint density at radius 1 is 1.04 bits per heavy atom. The van der Waals surface area contributed by atoms with Crippen LogP contribution in [0.2, 0.25) is 0 Å². The van der Waals surface area contributed by atoms with E-state index in [1.54, 1.807) is 6.20 Å². The molecule has 0 saturated carbocycles. The molecule has 0 radical (unpaired) electrons. The number of piperidine rings is 1. The number of aromatic nitrogens is 5. The van der Waals surface area contributed by atoms with Gasteiger partial charge in [-0.1, -0.05) is 0 Å². The molecule has 1 aliphatic rings. The molecular formula is C18H22N6. The third-order valence-electron chi connectivity index (χ3n) is 4.67. The highest BCUT2D eigenvalue weighted by atomic mass is 15.2. The van der Waals surface area contributed by atoms with Crippen molar-refractivity contribution in [3.8, 4) is 17.2 Å². The number of imidazole rings is 2. The van der Waals surface area contributed by atoms with Gasteiger partial charge in [-0.3, -0.25) is 4.57 Å². The van der Waals surface area contributed by atoms with Crippen molar-refractivity contribution in [2.45, 2.75) is 26.2 Å². The van der Waals surface area contributed by atoms with E-state index in [9.17, 15) is 0 Å². The molecular weight excluding hydrogens is 300 g/mol. The second-order valence-corrected chi connectivity index (χ2v) is 6.33. The Labute approximate surface area is 141 Å². The normalized spacial score (nSPS) is 15.0. The highest BCUT2D eigenvalue weighted by Crippen LogP contribution is 2.23. The highest BCUT2D eigenvalue weighted by molar-refractivity contribution is 5.54. The molecule has 24 heavy (non-hydrogen) atoms. The van der Waals surface area contributed by atoms with Crippen LogP contribution >= 0.6 is 0 Å². The molecule has 0 aliphatic carbocycles. The zero-order valence-corrected chi connectivity index (χ0v) is 14.2. The van der Waals surface area contributed by atoms with Crippen molar-refractivity contribution in [2.75, 3.05) is 18.0 Å². The summed E-state index contributed by atoms with van der Waals surface area (Å²) in [5.74, 6) is 2.87. The van der Waals surface area contributed by atoms with Gasteiger partial charge in [0.1, 0.15) is 17.3 Å². The van der Waals surface area contributed by atoms with Crippen molar-refractivity contribution in [3.63, 3.8) is 0 Å². The summed E-state index contributed by atoms with van der Waals surface area (Å²) in [5.41, 5.74) is 1.88. The van der Waals surface area contributed by atoms with Crippen LogP contribution in [0.5, 0.6) is 0 Å². The Balaban J connectivity index is 1.64. The summed E-state index contributed by atoms with van der Waals surface area (Å²) in [4.78, 5) is 16.1. The van der Waals surface area contributed by atoms with Crippen LogP contribution in [0.25, 0.3) is 17.2 Å². The maximum absolute atomic E-state index is 4.67. The van der Waals surface area contributed by atoms with Crippen molar-refractivity contribution in [2.24, 2.45) is 7.05 Å². The van der Waals surface area contributed by atoms with Crippen LogP contribution < -0.4 is 4.90 Å². The first-order valence-electron chi connectivity index (χ1n) is 8.47. The fourth-order valence-electron chi connectivity index (χ4n) is 3.20. The van der Waals surface area contributed by atoms with Crippen molar-refractivity contribution in [1.29, 1.82) is 0 Å². The SMILES string of the molecule is Cc1nc(-c2nccn2-c2ccc(N3CCCCC3)nc2)cn1C. The quantitative estimate of drug-likeness (QED) is 0.744. The minimum atomic E-state index is 0.839. The van der Waals surface area contributed by atoms with Gasteiger partial charge in [0.2, 0.25) is 0 Å². The largest absolute Gasteiger partial charge is 0.357 e. The summed E-state index contributed by atoms with van der Waals surface area (Å²) in [6.07, 6.45) is 11.5. The van der Waals surface area contributed by atoms with E-state index >= 15 is 0 Å². The van der Waals surface area contributed by atoms with Crippen LogP contribution in [0.15, 0.2) is 36.9 Å².